The Morgan fingerprint density at radius 2 is 1.59 bits per heavy atom. The molecule has 1 aromatic heterocycles. The Morgan fingerprint density at radius 3 is 2.29 bits per heavy atom. The highest BCUT2D eigenvalue weighted by Crippen LogP contribution is 2.46. The number of hydrogen-bond acceptors (Lipinski definition) is 10. The molecule has 5 saturated heterocycles. The third-order valence-corrected chi connectivity index (χ3v) is 13.6. The summed E-state index contributed by atoms with van der Waals surface area (Å²) in [5.41, 5.74) is 4.51. The fraction of sp³-hybridized carbons (Fsp3) is 0.500. The minimum atomic E-state index is -0.960. The Morgan fingerprint density at radius 1 is 0.875 bits per heavy atom. The second-order valence-corrected chi connectivity index (χ2v) is 17.1. The fourth-order valence-electron chi connectivity index (χ4n) is 9.98. The van der Waals surface area contributed by atoms with Gasteiger partial charge in [-0.15, -0.1) is 0 Å². The second-order valence-electron chi connectivity index (χ2n) is 16.7. The smallest absolute Gasteiger partial charge is 0.262 e. The number of carbonyl (C=O) groups excluding carboxylic acids is 4. The molecule has 290 valence electrons. The van der Waals surface area contributed by atoms with Gasteiger partial charge in [-0.05, 0) is 100 Å². The number of amides is 4. The van der Waals surface area contributed by atoms with E-state index >= 15 is 0 Å². The number of rotatable bonds is 7. The van der Waals surface area contributed by atoms with E-state index < -0.39 is 23.8 Å². The molecule has 1 N–H and O–H groups in total. The molecule has 4 amide bonds. The number of hydrogen-bond donors (Lipinski definition) is 1. The molecule has 0 saturated carbocycles. The van der Waals surface area contributed by atoms with Gasteiger partial charge in [0.05, 0.1) is 35.8 Å². The molecule has 3 aromatic rings. The molecular formula is C42H46ClN9O4. The molecule has 0 aliphatic carbocycles. The molecule has 5 fully saturated rings. The van der Waals surface area contributed by atoms with Crippen molar-refractivity contribution < 1.29 is 19.2 Å². The van der Waals surface area contributed by atoms with Crippen molar-refractivity contribution in [3.63, 3.8) is 0 Å². The number of fused-ring (bicyclic) bond motifs is 1. The first-order valence-electron chi connectivity index (χ1n) is 19.9. The van der Waals surface area contributed by atoms with E-state index in [1.54, 1.807) is 12.1 Å². The van der Waals surface area contributed by atoms with Crippen LogP contribution in [0.25, 0.3) is 4.85 Å². The van der Waals surface area contributed by atoms with Crippen molar-refractivity contribution >= 4 is 58.0 Å². The first-order valence-corrected chi connectivity index (χ1v) is 20.3. The number of piperidine rings is 3. The lowest BCUT2D eigenvalue weighted by Gasteiger charge is -2.48. The third-order valence-electron chi connectivity index (χ3n) is 13.3. The molecule has 0 bridgehead atoms. The summed E-state index contributed by atoms with van der Waals surface area (Å²) in [6.45, 7) is 16.4. The molecule has 0 radical (unpaired) electrons. The Kier molecular flexibility index (Phi) is 9.45. The van der Waals surface area contributed by atoms with Crippen LogP contribution >= 0.6 is 11.6 Å². The van der Waals surface area contributed by atoms with Crippen LogP contribution in [0.15, 0.2) is 48.8 Å². The van der Waals surface area contributed by atoms with E-state index in [-0.39, 0.29) is 24.2 Å². The van der Waals surface area contributed by atoms with E-state index in [9.17, 15) is 19.2 Å². The first kappa shape index (κ1) is 36.6. The normalized spacial score (nSPS) is 24.4. The number of nitrogens with one attached hydrogen (secondary N) is 1. The van der Waals surface area contributed by atoms with Crippen LogP contribution in [0.5, 0.6) is 0 Å². The molecule has 2 atom stereocenters. The van der Waals surface area contributed by atoms with E-state index in [1.807, 2.05) is 36.7 Å². The minimum absolute atomic E-state index is 0.101. The van der Waals surface area contributed by atoms with Crippen molar-refractivity contribution in [1.82, 2.24) is 25.1 Å². The average Bonchev–Trinajstić information content (AvgIpc) is 3.63. The van der Waals surface area contributed by atoms with Crippen LogP contribution in [0, 0.1) is 17.9 Å². The monoisotopic (exact) mass is 775 g/mol. The number of likely N-dealkylation sites (tertiary alicyclic amines) is 1. The lowest BCUT2D eigenvalue weighted by atomic mass is 9.76. The number of aromatic nitrogens is 2. The quantitative estimate of drug-likeness (QED) is 0.256. The molecule has 1 spiro atoms. The zero-order valence-corrected chi connectivity index (χ0v) is 32.4. The molecule has 6 aliphatic rings. The van der Waals surface area contributed by atoms with Crippen LogP contribution in [0.1, 0.15) is 78.4 Å². The summed E-state index contributed by atoms with van der Waals surface area (Å²) in [5, 5.41) is 2.77. The maximum atomic E-state index is 13.3. The summed E-state index contributed by atoms with van der Waals surface area (Å²) in [5.74, 6) is -0.466. The van der Waals surface area contributed by atoms with Gasteiger partial charge in [0.1, 0.15) is 11.9 Å². The topological polar surface area (TPSA) is 127 Å². The van der Waals surface area contributed by atoms with Crippen molar-refractivity contribution in [2.45, 2.75) is 76.4 Å². The van der Waals surface area contributed by atoms with Crippen molar-refractivity contribution in [3.05, 3.63) is 82.2 Å². The molecule has 9 rings (SSSR count). The summed E-state index contributed by atoms with van der Waals surface area (Å²) in [6.07, 6.45) is 10.8. The second kappa shape index (κ2) is 14.5. The predicted molar refractivity (Wildman–Crippen MR) is 212 cm³/mol. The van der Waals surface area contributed by atoms with Crippen LogP contribution in [-0.2, 0) is 16.0 Å². The predicted octanol–water partition coefficient (Wildman–Crippen LogP) is 5.11. The molecule has 56 heavy (non-hydrogen) atoms. The Hall–Kier alpha value is -5.06. The van der Waals surface area contributed by atoms with Crippen molar-refractivity contribution in [2.24, 2.45) is 11.3 Å². The van der Waals surface area contributed by atoms with Gasteiger partial charge in [-0.3, -0.25) is 34.3 Å². The highest BCUT2D eigenvalue weighted by Gasteiger charge is 2.46. The number of imide groups is 2. The summed E-state index contributed by atoms with van der Waals surface area (Å²) in [6, 6.07) is 11.1. The van der Waals surface area contributed by atoms with Crippen molar-refractivity contribution in [3.8, 4) is 0 Å². The first-order chi connectivity index (χ1) is 27.1. The van der Waals surface area contributed by atoms with Gasteiger partial charge in [0, 0.05) is 74.0 Å². The van der Waals surface area contributed by atoms with Gasteiger partial charge in [0.2, 0.25) is 17.5 Å². The number of anilines is 3. The van der Waals surface area contributed by atoms with Crippen LogP contribution < -0.4 is 20.0 Å². The summed E-state index contributed by atoms with van der Waals surface area (Å²) in [7, 11) is 0. The van der Waals surface area contributed by atoms with Crippen LogP contribution in [0.2, 0.25) is 5.02 Å². The third kappa shape index (κ3) is 6.66. The van der Waals surface area contributed by atoms with E-state index in [1.165, 1.54) is 0 Å². The van der Waals surface area contributed by atoms with Gasteiger partial charge in [0.25, 0.3) is 11.8 Å². The van der Waals surface area contributed by atoms with Gasteiger partial charge >= 0.3 is 0 Å². The van der Waals surface area contributed by atoms with Gasteiger partial charge in [-0.1, -0.05) is 17.7 Å². The van der Waals surface area contributed by atoms with E-state index in [0.29, 0.717) is 39.8 Å². The minimum Gasteiger partial charge on any atom is -0.369 e. The van der Waals surface area contributed by atoms with Crippen molar-refractivity contribution in [1.29, 1.82) is 0 Å². The lowest BCUT2D eigenvalue weighted by Crippen LogP contribution is -2.61. The number of nitrogens with zero attached hydrogens (tertiary/aromatic N) is 8. The molecule has 14 heteroatoms. The molecule has 1 unspecified atom stereocenters. The van der Waals surface area contributed by atoms with E-state index in [2.05, 4.69) is 36.7 Å². The highest BCUT2D eigenvalue weighted by atomic mass is 35.5. The Labute approximate surface area is 331 Å². The van der Waals surface area contributed by atoms with E-state index in [0.717, 1.165) is 112 Å². The van der Waals surface area contributed by atoms with Gasteiger partial charge in [-0.25, -0.2) is 14.8 Å². The maximum absolute atomic E-state index is 13.3. The zero-order chi connectivity index (χ0) is 38.7. The molecule has 2 aromatic carbocycles. The molecular weight excluding hydrogens is 730 g/mol. The largest absolute Gasteiger partial charge is 0.369 e. The SMILES string of the molecule is [C-]#[N+]c1ccc(N2CC3(CCN(c4cnc(CC5CCN(C6CN(c7ccc8c(c7)C(=O)N(C7CCC(=O)NC7=O)C8=O)C6)CC5)nc4)CC3)C[C@@H]2C)cc1Cl. The van der Waals surface area contributed by atoms with Gasteiger partial charge in [0.15, 0.2) is 0 Å². The summed E-state index contributed by atoms with van der Waals surface area (Å²) >= 11 is 6.38. The number of benzene rings is 2. The Balaban J connectivity index is 0.725. The number of carbonyl (C=O) groups is 4. The standard InChI is InChI=1S/C42H46ClN9O4/c1-26-20-42(25-51(26)29-4-6-35(44-2)34(43)19-29)11-15-49(16-12-42)30-21-45-37(46-22-30)17-27-9-13-48(14-10-27)31-23-50(24-31)28-3-5-32-33(18-28)41(56)52(40(32)55)36-7-8-38(53)47-39(36)54/h3-6,18-19,21-22,26-27,31,36H,7-17,20,23-25H2,1H3,(H,47,53,54)/t26-,36?/m0/s1. The van der Waals surface area contributed by atoms with Crippen molar-refractivity contribution in [2.75, 3.05) is 60.5 Å². The lowest BCUT2D eigenvalue weighted by molar-refractivity contribution is -0.136. The summed E-state index contributed by atoms with van der Waals surface area (Å²) < 4.78 is 0. The van der Waals surface area contributed by atoms with Gasteiger partial charge in [-0.2, -0.15) is 0 Å². The maximum Gasteiger partial charge on any atom is 0.262 e. The fourth-order valence-corrected chi connectivity index (χ4v) is 10.2. The molecule has 6 aliphatic heterocycles. The highest BCUT2D eigenvalue weighted by molar-refractivity contribution is 6.33. The van der Waals surface area contributed by atoms with E-state index in [4.69, 9.17) is 28.1 Å². The summed E-state index contributed by atoms with van der Waals surface area (Å²) in [4.78, 5) is 74.3. The molecule has 7 heterocycles. The average molecular weight is 776 g/mol. The molecule has 13 nitrogen and oxygen atoms in total. The van der Waals surface area contributed by atoms with Gasteiger partial charge < -0.3 is 14.7 Å². The Bertz CT molecular complexity index is 2120. The number of halogens is 1. The zero-order valence-electron chi connectivity index (χ0n) is 31.6. The van der Waals surface area contributed by atoms with Crippen LogP contribution in [0.4, 0.5) is 22.7 Å². The van der Waals surface area contributed by atoms with Crippen LogP contribution in [-0.4, -0.2) is 107 Å². The van der Waals surface area contributed by atoms with Crippen LogP contribution in [0.3, 0.4) is 0 Å².